The topological polar surface area (TPSA) is 66.4 Å². The Balaban J connectivity index is 2.42. The zero-order valence-electron chi connectivity index (χ0n) is 11.1. The van der Waals surface area contributed by atoms with Crippen LogP contribution in [0.15, 0.2) is 45.8 Å². The summed E-state index contributed by atoms with van der Waals surface area (Å²) in [6.07, 6.45) is 0. The number of benzene rings is 2. The number of nitrogens with one attached hydrogen (secondary N) is 1. The number of anilines is 1. The Morgan fingerprint density at radius 1 is 1.24 bits per heavy atom. The molecule has 112 valence electrons. The summed E-state index contributed by atoms with van der Waals surface area (Å²) in [5.41, 5.74) is 1.36. The van der Waals surface area contributed by atoms with Crippen LogP contribution in [0.4, 0.5) is 10.1 Å². The Bertz CT molecular complexity index is 778. The van der Waals surface area contributed by atoms with Gasteiger partial charge in [0, 0.05) is 10.2 Å². The van der Waals surface area contributed by atoms with Crippen molar-refractivity contribution in [2.45, 2.75) is 18.4 Å². The Morgan fingerprint density at radius 2 is 1.95 bits per heavy atom. The van der Waals surface area contributed by atoms with Crippen molar-refractivity contribution >= 4 is 31.6 Å². The first kappa shape index (κ1) is 15.9. The fourth-order valence-electron chi connectivity index (χ4n) is 1.83. The summed E-state index contributed by atoms with van der Waals surface area (Å²) in [5.74, 6) is -0.681. The van der Waals surface area contributed by atoms with Gasteiger partial charge in [0.1, 0.15) is 5.82 Å². The van der Waals surface area contributed by atoms with E-state index in [0.717, 1.165) is 22.2 Å². The van der Waals surface area contributed by atoms with Gasteiger partial charge in [-0.05, 0) is 48.4 Å². The normalized spacial score (nSPS) is 11.4. The molecule has 0 aliphatic heterocycles. The summed E-state index contributed by atoms with van der Waals surface area (Å²) in [7, 11) is -3.97. The van der Waals surface area contributed by atoms with Gasteiger partial charge in [0.2, 0.25) is 0 Å². The van der Waals surface area contributed by atoms with Crippen molar-refractivity contribution in [1.29, 1.82) is 0 Å². The fourth-order valence-corrected chi connectivity index (χ4v) is 3.37. The van der Waals surface area contributed by atoms with Crippen molar-refractivity contribution in [2.75, 3.05) is 4.72 Å². The van der Waals surface area contributed by atoms with E-state index in [4.69, 9.17) is 0 Å². The van der Waals surface area contributed by atoms with Crippen molar-refractivity contribution in [2.24, 2.45) is 0 Å². The highest BCUT2D eigenvalue weighted by molar-refractivity contribution is 9.10. The van der Waals surface area contributed by atoms with E-state index in [-0.39, 0.29) is 10.5 Å². The van der Waals surface area contributed by atoms with Gasteiger partial charge in [-0.15, -0.1) is 0 Å². The summed E-state index contributed by atoms with van der Waals surface area (Å²) in [4.78, 5) is -0.273. The standard InChI is InChI=1S/C14H13BrFNO3S/c1-9-6-12(4-5-13(9)15)17-21(19,20)14-7-11(16)3-2-10(14)8-18/h2-7,17-18H,8H2,1H3. The third-order valence-electron chi connectivity index (χ3n) is 2.90. The highest BCUT2D eigenvalue weighted by Gasteiger charge is 2.19. The molecule has 0 amide bonds. The van der Waals surface area contributed by atoms with Crippen molar-refractivity contribution in [3.63, 3.8) is 0 Å². The SMILES string of the molecule is Cc1cc(NS(=O)(=O)c2cc(F)ccc2CO)ccc1Br. The van der Waals surface area contributed by atoms with E-state index in [1.807, 2.05) is 6.92 Å². The predicted octanol–water partition coefficient (Wildman–Crippen LogP) is 3.19. The number of sulfonamides is 1. The maximum atomic E-state index is 13.3. The molecule has 2 aromatic carbocycles. The van der Waals surface area contributed by atoms with E-state index in [9.17, 15) is 17.9 Å². The van der Waals surface area contributed by atoms with Gasteiger partial charge in [-0.25, -0.2) is 12.8 Å². The smallest absolute Gasteiger partial charge is 0.262 e. The maximum Gasteiger partial charge on any atom is 0.262 e. The minimum atomic E-state index is -3.97. The number of halogens is 2. The van der Waals surface area contributed by atoms with Crippen LogP contribution in [0.2, 0.25) is 0 Å². The summed E-state index contributed by atoms with van der Waals surface area (Å²) in [6, 6.07) is 8.20. The zero-order valence-corrected chi connectivity index (χ0v) is 13.5. The third-order valence-corrected chi connectivity index (χ3v) is 5.25. The second kappa shape index (κ2) is 6.13. The van der Waals surface area contributed by atoms with E-state index in [1.165, 1.54) is 6.07 Å². The molecule has 0 bridgehead atoms. The van der Waals surface area contributed by atoms with Gasteiger partial charge in [-0.2, -0.15) is 0 Å². The van der Waals surface area contributed by atoms with Crippen molar-refractivity contribution < 1.29 is 17.9 Å². The van der Waals surface area contributed by atoms with Crippen LogP contribution in [-0.2, 0) is 16.6 Å². The van der Waals surface area contributed by atoms with Crippen molar-refractivity contribution in [3.8, 4) is 0 Å². The lowest BCUT2D eigenvalue weighted by molar-refractivity contribution is 0.278. The molecule has 0 aliphatic carbocycles. The third kappa shape index (κ3) is 3.61. The molecule has 21 heavy (non-hydrogen) atoms. The summed E-state index contributed by atoms with van der Waals surface area (Å²) < 4.78 is 41.2. The molecule has 0 radical (unpaired) electrons. The Kier molecular flexibility index (Phi) is 4.65. The first-order valence-electron chi connectivity index (χ1n) is 6.02. The van der Waals surface area contributed by atoms with Gasteiger partial charge < -0.3 is 5.11 Å². The minimum absolute atomic E-state index is 0.137. The van der Waals surface area contributed by atoms with Gasteiger partial charge in [-0.1, -0.05) is 22.0 Å². The van der Waals surface area contributed by atoms with Crippen LogP contribution in [0, 0.1) is 12.7 Å². The summed E-state index contributed by atoms with van der Waals surface area (Å²) >= 11 is 3.33. The molecule has 0 saturated heterocycles. The van der Waals surface area contributed by atoms with Gasteiger partial charge >= 0.3 is 0 Å². The van der Waals surface area contributed by atoms with Crippen LogP contribution in [-0.4, -0.2) is 13.5 Å². The lowest BCUT2D eigenvalue weighted by atomic mass is 10.2. The van der Waals surface area contributed by atoms with Crippen molar-refractivity contribution in [1.82, 2.24) is 0 Å². The highest BCUT2D eigenvalue weighted by atomic mass is 79.9. The largest absolute Gasteiger partial charge is 0.392 e. The maximum absolute atomic E-state index is 13.3. The quantitative estimate of drug-likeness (QED) is 0.864. The fraction of sp³-hybridized carbons (Fsp3) is 0.143. The predicted molar refractivity (Wildman–Crippen MR) is 82.0 cm³/mol. The van der Waals surface area contributed by atoms with Crippen LogP contribution < -0.4 is 4.72 Å². The average Bonchev–Trinajstić information content (AvgIpc) is 2.42. The number of aliphatic hydroxyl groups excluding tert-OH is 1. The van der Waals surface area contributed by atoms with E-state index >= 15 is 0 Å². The molecule has 2 N–H and O–H groups in total. The second-order valence-corrected chi connectivity index (χ2v) is 6.98. The molecule has 0 heterocycles. The van der Waals surface area contributed by atoms with E-state index in [1.54, 1.807) is 18.2 Å². The van der Waals surface area contributed by atoms with Gasteiger partial charge in [-0.3, -0.25) is 4.72 Å². The number of hydrogen-bond acceptors (Lipinski definition) is 3. The van der Waals surface area contributed by atoms with Crippen LogP contribution in [0.25, 0.3) is 0 Å². The molecule has 0 unspecified atom stereocenters. The molecule has 2 rings (SSSR count). The molecule has 2 aromatic rings. The minimum Gasteiger partial charge on any atom is -0.392 e. The molecule has 0 aromatic heterocycles. The molecule has 4 nitrogen and oxygen atoms in total. The van der Waals surface area contributed by atoms with Crippen LogP contribution in [0.5, 0.6) is 0 Å². The highest BCUT2D eigenvalue weighted by Crippen LogP contribution is 2.24. The monoisotopic (exact) mass is 373 g/mol. The van der Waals surface area contributed by atoms with Gasteiger partial charge in [0.15, 0.2) is 0 Å². The van der Waals surface area contributed by atoms with E-state index in [0.29, 0.717) is 5.69 Å². The van der Waals surface area contributed by atoms with Gasteiger partial charge in [0.25, 0.3) is 10.0 Å². The lowest BCUT2D eigenvalue weighted by Crippen LogP contribution is -2.15. The molecule has 0 fully saturated rings. The summed E-state index contributed by atoms with van der Waals surface area (Å²) in [5, 5.41) is 9.20. The van der Waals surface area contributed by atoms with Crippen LogP contribution in [0.1, 0.15) is 11.1 Å². The Labute approximate surface area is 130 Å². The number of hydrogen-bond donors (Lipinski definition) is 2. The van der Waals surface area contributed by atoms with Crippen molar-refractivity contribution in [3.05, 3.63) is 57.8 Å². The molecule has 0 saturated carbocycles. The average molecular weight is 374 g/mol. The molecular formula is C14H13BrFNO3S. The molecule has 0 spiro atoms. The van der Waals surface area contributed by atoms with E-state index < -0.39 is 22.4 Å². The molecule has 7 heteroatoms. The zero-order chi connectivity index (χ0) is 15.6. The second-order valence-electron chi connectivity index (χ2n) is 4.48. The molecule has 0 atom stereocenters. The number of aliphatic hydroxyl groups is 1. The lowest BCUT2D eigenvalue weighted by Gasteiger charge is -2.12. The number of aryl methyl sites for hydroxylation is 1. The van der Waals surface area contributed by atoms with Crippen LogP contribution in [0.3, 0.4) is 0 Å². The Hall–Kier alpha value is -1.44. The Morgan fingerprint density at radius 3 is 2.57 bits per heavy atom. The van der Waals surface area contributed by atoms with Crippen LogP contribution >= 0.6 is 15.9 Å². The summed E-state index contributed by atoms with van der Waals surface area (Å²) in [6.45, 7) is 1.33. The first-order valence-corrected chi connectivity index (χ1v) is 8.29. The number of rotatable bonds is 4. The molecular weight excluding hydrogens is 361 g/mol. The molecule has 0 aliphatic rings. The van der Waals surface area contributed by atoms with E-state index in [2.05, 4.69) is 20.7 Å². The van der Waals surface area contributed by atoms with Gasteiger partial charge in [0.05, 0.1) is 11.5 Å². The first-order chi connectivity index (χ1) is 9.83.